The molecule has 4 heteroatoms. The van der Waals surface area contributed by atoms with Crippen LogP contribution in [0.3, 0.4) is 0 Å². The van der Waals surface area contributed by atoms with Crippen molar-refractivity contribution >= 4 is 36.2 Å². The van der Waals surface area contributed by atoms with Gasteiger partial charge < -0.3 is 4.43 Å². The molecule has 3 rings (SSSR count). The van der Waals surface area contributed by atoms with Crippen molar-refractivity contribution < 1.29 is 9.22 Å². The van der Waals surface area contributed by atoms with E-state index in [0.717, 1.165) is 17.7 Å². The van der Waals surface area contributed by atoms with Crippen LogP contribution in [-0.4, -0.2) is 26.5 Å². The number of carbonyl (C=O) groups excluding carboxylic acids is 1. The van der Waals surface area contributed by atoms with Gasteiger partial charge in [-0.3, -0.25) is 4.79 Å². The number of rotatable bonds is 14. The molecule has 2 nitrogen and oxygen atoms in total. The summed E-state index contributed by atoms with van der Waals surface area (Å²) in [6, 6.07) is 31.8. The summed E-state index contributed by atoms with van der Waals surface area (Å²) in [7, 11) is -2.53. The van der Waals surface area contributed by atoms with E-state index in [1.807, 2.05) is 24.3 Å². The van der Waals surface area contributed by atoms with E-state index in [2.05, 4.69) is 126 Å². The standard InChI is InChI=1S/C37H46O2SSi/c1-30(22-23-33(38)25-27-40-34-16-10-7-11-17-34)28-32(3)29-31(2)24-26-39-41(37(4,5)6,35-18-12-8-13-19-35)36-20-14-9-15-21-36/h7-24,28,32H,25-27,29H2,1-6H3/b23-22+,30-28-,31-24+/t32-/m1/s1. The molecule has 0 spiro atoms. The van der Waals surface area contributed by atoms with Gasteiger partial charge in [-0.15, -0.1) is 11.8 Å². The first-order chi connectivity index (χ1) is 19.6. The highest BCUT2D eigenvalue weighted by atomic mass is 32.2. The number of benzene rings is 3. The predicted molar refractivity (Wildman–Crippen MR) is 181 cm³/mol. The molecule has 0 unspecified atom stereocenters. The average Bonchev–Trinajstić information content (AvgIpc) is 2.95. The van der Waals surface area contributed by atoms with E-state index >= 15 is 0 Å². The van der Waals surface area contributed by atoms with Gasteiger partial charge in [0.05, 0.1) is 6.61 Å². The molecule has 0 aliphatic heterocycles. The van der Waals surface area contributed by atoms with Gasteiger partial charge in [0.1, 0.15) is 0 Å². The van der Waals surface area contributed by atoms with Crippen LogP contribution in [0.15, 0.2) is 131 Å². The van der Waals surface area contributed by atoms with Crippen LogP contribution in [0.25, 0.3) is 0 Å². The van der Waals surface area contributed by atoms with Gasteiger partial charge in [0, 0.05) is 17.1 Å². The van der Waals surface area contributed by atoms with Crippen molar-refractivity contribution in [3.63, 3.8) is 0 Å². The largest absolute Gasteiger partial charge is 0.404 e. The number of ketones is 1. The Hall–Kier alpha value is -2.92. The molecule has 0 aliphatic carbocycles. The highest BCUT2D eigenvalue weighted by Gasteiger charge is 2.49. The van der Waals surface area contributed by atoms with Gasteiger partial charge in [-0.25, -0.2) is 0 Å². The van der Waals surface area contributed by atoms with E-state index < -0.39 is 8.32 Å². The van der Waals surface area contributed by atoms with Crippen LogP contribution in [0, 0.1) is 5.92 Å². The Labute approximate surface area is 253 Å². The van der Waals surface area contributed by atoms with Gasteiger partial charge in [-0.2, -0.15) is 0 Å². The molecule has 0 saturated carbocycles. The number of carbonyl (C=O) groups is 1. The fourth-order valence-corrected chi connectivity index (χ4v) is 10.7. The van der Waals surface area contributed by atoms with Gasteiger partial charge in [0.2, 0.25) is 0 Å². The van der Waals surface area contributed by atoms with E-state index in [4.69, 9.17) is 4.43 Å². The van der Waals surface area contributed by atoms with E-state index in [1.165, 1.54) is 20.8 Å². The summed E-state index contributed by atoms with van der Waals surface area (Å²) in [4.78, 5) is 13.5. The van der Waals surface area contributed by atoms with E-state index in [0.29, 0.717) is 18.9 Å². The molecule has 0 bridgehead atoms. The predicted octanol–water partition coefficient (Wildman–Crippen LogP) is 8.79. The van der Waals surface area contributed by atoms with Crippen molar-refractivity contribution in [2.45, 2.75) is 64.3 Å². The molecule has 0 N–H and O–H groups in total. The smallest absolute Gasteiger partial charge is 0.261 e. The van der Waals surface area contributed by atoms with Gasteiger partial charge in [-0.05, 0) is 59.8 Å². The molecular weight excluding hydrogens is 537 g/mol. The Morgan fingerprint density at radius 2 is 1.39 bits per heavy atom. The van der Waals surface area contributed by atoms with Crippen LogP contribution >= 0.6 is 11.8 Å². The zero-order valence-corrected chi connectivity index (χ0v) is 27.4. The Morgan fingerprint density at radius 3 is 1.93 bits per heavy atom. The molecule has 3 aromatic rings. The third-order valence-corrected chi connectivity index (χ3v) is 13.3. The second-order valence-electron chi connectivity index (χ2n) is 11.8. The van der Waals surface area contributed by atoms with Crippen LogP contribution < -0.4 is 10.4 Å². The Morgan fingerprint density at radius 1 is 0.854 bits per heavy atom. The minimum Gasteiger partial charge on any atom is -0.404 e. The molecule has 0 fully saturated rings. The van der Waals surface area contributed by atoms with Crippen molar-refractivity contribution in [3.05, 3.63) is 126 Å². The maximum Gasteiger partial charge on any atom is 0.261 e. The maximum atomic E-state index is 12.3. The lowest BCUT2D eigenvalue weighted by atomic mass is 9.99. The molecule has 0 radical (unpaired) electrons. The summed E-state index contributed by atoms with van der Waals surface area (Å²) in [5.74, 6) is 1.34. The first-order valence-corrected chi connectivity index (χ1v) is 17.5. The van der Waals surface area contributed by atoms with Crippen molar-refractivity contribution in [1.29, 1.82) is 0 Å². The number of thioether (sulfide) groups is 1. The van der Waals surface area contributed by atoms with Crippen LogP contribution in [0.5, 0.6) is 0 Å². The molecule has 0 amide bonds. The summed E-state index contributed by atoms with van der Waals surface area (Å²) in [5.41, 5.74) is 2.44. The molecule has 41 heavy (non-hydrogen) atoms. The van der Waals surface area contributed by atoms with Gasteiger partial charge in [0.15, 0.2) is 5.78 Å². The van der Waals surface area contributed by atoms with Crippen LogP contribution in [0.1, 0.15) is 54.4 Å². The zero-order chi connectivity index (χ0) is 29.7. The maximum absolute atomic E-state index is 12.3. The fraction of sp³-hybridized carbons (Fsp3) is 0.324. The second-order valence-corrected chi connectivity index (χ2v) is 17.3. The lowest BCUT2D eigenvalue weighted by Crippen LogP contribution is -2.66. The van der Waals surface area contributed by atoms with Crippen molar-refractivity contribution in [2.24, 2.45) is 5.92 Å². The topological polar surface area (TPSA) is 26.3 Å². The fourth-order valence-electron chi connectivity index (χ4n) is 5.32. The van der Waals surface area contributed by atoms with Crippen molar-refractivity contribution in [2.75, 3.05) is 12.4 Å². The number of hydrogen-bond donors (Lipinski definition) is 0. The van der Waals surface area contributed by atoms with Gasteiger partial charge in [0.25, 0.3) is 8.32 Å². The van der Waals surface area contributed by atoms with Gasteiger partial charge >= 0.3 is 0 Å². The molecular formula is C37H46O2SSi. The van der Waals surface area contributed by atoms with Crippen molar-refractivity contribution in [1.82, 2.24) is 0 Å². The molecule has 3 aromatic carbocycles. The third-order valence-electron chi connectivity index (χ3n) is 7.23. The quantitative estimate of drug-likeness (QED) is 0.0625. The molecule has 1 atom stereocenters. The van der Waals surface area contributed by atoms with E-state index in [-0.39, 0.29) is 10.8 Å². The van der Waals surface area contributed by atoms with Crippen LogP contribution in [-0.2, 0) is 9.22 Å². The summed E-state index contributed by atoms with van der Waals surface area (Å²) in [6.45, 7) is 14.0. The number of hydrogen-bond acceptors (Lipinski definition) is 3. The van der Waals surface area contributed by atoms with Crippen LogP contribution in [0.4, 0.5) is 0 Å². The van der Waals surface area contributed by atoms with Crippen molar-refractivity contribution in [3.8, 4) is 0 Å². The summed E-state index contributed by atoms with van der Waals surface area (Å²) < 4.78 is 7.02. The molecule has 0 aliphatic rings. The lowest BCUT2D eigenvalue weighted by Gasteiger charge is -2.42. The van der Waals surface area contributed by atoms with Crippen LogP contribution in [0.2, 0.25) is 5.04 Å². The van der Waals surface area contributed by atoms with E-state index in [9.17, 15) is 4.79 Å². The number of allylic oxidation sites excluding steroid dienone is 5. The highest BCUT2D eigenvalue weighted by molar-refractivity contribution is 7.99. The summed E-state index contributed by atoms with van der Waals surface area (Å²) in [5, 5.41) is 2.57. The minimum atomic E-state index is -2.53. The lowest BCUT2D eigenvalue weighted by molar-refractivity contribution is -0.114. The first-order valence-electron chi connectivity index (χ1n) is 14.6. The Balaban J connectivity index is 1.59. The molecule has 0 aromatic heterocycles. The molecule has 0 heterocycles. The zero-order valence-electron chi connectivity index (χ0n) is 25.6. The second kappa shape index (κ2) is 15.9. The van der Waals surface area contributed by atoms with E-state index in [1.54, 1.807) is 17.8 Å². The monoisotopic (exact) mass is 582 g/mol. The molecule has 0 saturated heterocycles. The molecule has 216 valence electrons. The Bertz CT molecular complexity index is 1270. The Kier molecular flexibility index (Phi) is 12.6. The minimum absolute atomic E-state index is 0.0331. The summed E-state index contributed by atoms with van der Waals surface area (Å²) >= 11 is 1.72. The highest BCUT2D eigenvalue weighted by Crippen LogP contribution is 2.36. The normalized spacial score (nSPS) is 13.9. The SMILES string of the molecule is CC(=C/[C@@H](C)C/C(C)=C/CO[Si](c1ccccc1)(c1ccccc1)C(C)(C)C)/C=C/C(=O)CCSc1ccccc1. The van der Waals surface area contributed by atoms with Gasteiger partial charge in [-0.1, -0.05) is 136 Å². The first kappa shape index (κ1) is 32.6. The summed E-state index contributed by atoms with van der Waals surface area (Å²) in [6.07, 6.45) is 9.69. The average molecular weight is 583 g/mol. The third kappa shape index (κ3) is 9.84.